The van der Waals surface area contributed by atoms with Gasteiger partial charge in [-0.25, -0.2) is 0 Å². The van der Waals surface area contributed by atoms with Crippen molar-refractivity contribution in [2.45, 2.75) is 60.1 Å². The van der Waals surface area contributed by atoms with E-state index in [1.165, 1.54) is 124 Å². The first kappa shape index (κ1) is 40.6. The van der Waals surface area contributed by atoms with Gasteiger partial charge in [0.1, 0.15) is 0 Å². The van der Waals surface area contributed by atoms with Gasteiger partial charge in [-0.05, 0) is 149 Å². The van der Waals surface area contributed by atoms with Crippen LogP contribution in [0.1, 0.15) is 44.9 Å². The molecule has 10 aromatic carbocycles. The van der Waals surface area contributed by atoms with Crippen LogP contribution in [0.25, 0.3) is 32.3 Å². The Balaban J connectivity index is 0.985. The third kappa shape index (κ3) is 4.12. The minimum atomic E-state index is 0.155. The highest BCUT2D eigenvalue weighted by Gasteiger charge is 2.59. The lowest BCUT2D eigenvalue weighted by molar-refractivity contribution is 0.847. The SMILES string of the molecule is Cc1ccc2c(c1)B1c3cc(C)ccc3N3c4ccc(C)cc4B4CC5CB6CN7c8ccc(C)cc8B8c9cc(C)ccc9N9c%10ccc(C)cc%10B%10CN%11CB%12CN2c2c1c3c4c1c5c3c6c4c7c8c9c%10c4c%11c3c%12c21. The fraction of sp³-hybridized carbons (Fsp3) is 0.194. The zero-order valence-electron chi connectivity index (χ0n) is 44.9. The van der Waals surface area contributed by atoms with Gasteiger partial charge in [0.05, 0.1) is 5.69 Å². The molecule has 360 valence electrons. The first-order chi connectivity index (χ1) is 38.2. The molecule has 12 aliphatic heterocycles. The van der Waals surface area contributed by atoms with Crippen molar-refractivity contribution in [2.24, 2.45) is 0 Å². The molecule has 1 atom stereocenters. The summed E-state index contributed by atoms with van der Waals surface area (Å²) in [6.45, 7) is 15.6. The molecule has 0 saturated carbocycles. The summed E-state index contributed by atoms with van der Waals surface area (Å²) in [6, 6.07) is 44.9. The lowest BCUT2D eigenvalue weighted by Crippen LogP contribution is -2.72. The summed E-state index contributed by atoms with van der Waals surface area (Å²) in [6.07, 6.45) is 6.43. The van der Waals surface area contributed by atoms with Crippen molar-refractivity contribution in [3.05, 3.63) is 148 Å². The molecule has 78 heavy (non-hydrogen) atoms. The Morgan fingerprint density at radius 3 is 1.28 bits per heavy atom. The van der Waals surface area contributed by atoms with Crippen LogP contribution in [-0.4, -0.2) is 66.1 Å². The van der Waals surface area contributed by atoms with Gasteiger partial charge in [-0.2, -0.15) is 0 Å². The summed E-state index contributed by atoms with van der Waals surface area (Å²) >= 11 is 0. The summed E-state index contributed by atoms with van der Waals surface area (Å²) < 4.78 is 0. The second-order valence-electron chi connectivity index (χ2n) is 26.6. The Morgan fingerprint density at radius 2 is 0.731 bits per heavy atom. The molecule has 0 saturated heterocycles. The standard InChI is InChI=1S/C67H49B6N5/c1-31-9-15-46-38(19-31)70-26-37-25-68-28-75-44-13-7-33(3)21-40(44)73-43-24-36(6)12-18-49(43)78-47-16-10-32(2)20-39(47)71-30-74-27-69-29-76-45-14-8-34(4)22-41(45)72-42-23-35(5)11-17-48(42)77(46)66-59(70)52-50(37)51-53(58(69)54(52)64(76)61(66)72)63(74)56-55(57(51)68)65(75)62(73)67(78)60(56)71/h7-24,37H,25-30H2,1-6H3. The van der Waals surface area contributed by atoms with E-state index in [0.29, 0.717) is 26.1 Å². The van der Waals surface area contributed by atoms with E-state index >= 15 is 0 Å². The third-order valence-corrected chi connectivity index (χ3v) is 22.6. The fourth-order valence-corrected chi connectivity index (χ4v) is 20.2. The molecule has 0 radical (unpaired) electrons. The van der Waals surface area contributed by atoms with Crippen LogP contribution in [0, 0.1) is 41.5 Å². The van der Waals surface area contributed by atoms with Crippen LogP contribution in [0.3, 0.4) is 0 Å². The van der Waals surface area contributed by atoms with Gasteiger partial charge in [-0.15, -0.1) is 0 Å². The predicted octanol–water partition coefficient (Wildman–Crippen LogP) is 5.88. The van der Waals surface area contributed by atoms with Gasteiger partial charge in [0.25, 0.3) is 13.4 Å². The van der Waals surface area contributed by atoms with Crippen LogP contribution >= 0.6 is 0 Å². The van der Waals surface area contributed by atoms with Crippen molar-refractivity contribution in [2.75, 3.05) is 50.3 Å². The maximum atomic E-state index is 3.00. The van der Waals surface area contributed by atoms with Gasteiger partial charge in [-0.3, -0.25) is 0 Å². The van der Waals surface area contributed by atoms with Gasteiger partial charge in [0, 0.05) is 104 Å². The van der Waals surface area contributed by atoms with Crippen LogP contribution in [0.4, 0.5) is 62.6 Å². The van der Waals surface area contributed by atoms with Crippen LogP contribution in [0.15, 0.2) is 109 Å². The van der Waals surface area contributed by atoms with E-state index in [0.717, 1.165) is 32.1 Å². The maximum absolute atomic E-state index is 3.00. The van der Waals surface area contributed by atoms with Gasteiger partial charge in [0.2, 0.25) is 26.9 Å². The number of benzene rings is 10. The molecular formula is C67H49B6N5. The molecule has 5 nitrogen and oxygen atoms in total. The number of anilines is 11. The second-order valence-corrected chi connectivity index (χ2v) is 26.6. The Hall–Kier alpha value is -7.63. The van der Waals surface area contributed by atoms with Gasteiger partial charge >= 0.3 is 0 Å². The number of hydrogen-bond acceptors (Lipinski definition) is 5. The van der Waals surface area contributed by atoms with Gasteiger partial charge in [-0.1, -0.05) is 135 Å². The topological polar surface area (TPSA) is 16.2 Å². The third-order valence-electron chi connectivity index (χ3n) is 22.6. The molecule has 0 N–H and O–H groups in total. The van der Waals surface area contributed by atoms with Crippen molar-refractivity contribution in [1.29, 1.82) is 0 Å². The Kier molecular flexibility index (Phi) is 6.56. The molecular weight excluding hydrogens is 940 g/mol. The van der Waals surface area contributed by atoms with Crippen molar-refractivity contribution in [3.8, 4) is 0 Å². The van der Waals surface area contributed by atoms with Gasteiger partial charge in [0.15, 0.2) is 0 Å². The number of hydrogen-bond donors (Lipinski definition) is 0. The molecule has 0 aliphatic carbocycles. The zero-order chi connectivity index (χ0) is 50.7. The lowest BCUT2D eigenvalue weighted by atomic mass is 9.24. The smallest absolute Gasteiger partial charge is 0.252 e. The van der Waals surface area contributed by atoms with E-state index < -0.39 is 0 Å². The molecule has 12 aliphatic rings. The molecule has 1 unspecified atom stereocenters. The van der Waals surface area contributed by atoms with Crippen LogP contribution in [0.5, 0.6) is 0 Å². The minimum Gasteiger partial charge on any atom is -0.384 e. The molecule has 0 fully saturated rings. The summed E-state index contributed by atoms with van der Waals surface area (Å²) in [5.41, 5.74) is 44.7. The highest BCUT2D eigenvalue weighted by atomic mass is 15.2. The molecule has 0 aromatic heterocycles. The molecule has 12 heterocycles. The zero-order valence-corrected chi connectivity index (χ0v) is 44.9. The molecule has 0 bridgehead atoms. The predicted molar refractivity (Wildman–Crippen MR) is 338 cm³/mol. The molecule has 10 aromatic rings. The second kappa shape index (κ2) is 12.6. The maximum Gasteiger partial charge on any atom is 0.252 e. The van der Waals surface area contributed by atoms with E-state index in [1.807, 2.05) is 0 Å². The van der Waals surface area contributed by atoms with Crippen molar-refractivity contribution in [3.63, 3.8) is 0 Å². The minimum absolute atomic E-state index is 0.155. The quantitative estimate of drug-likeness (QED) is 0.139. The normalized spacial score (nSPS) is 18.7. The Bertz CT molecular complexity index is 4530. The van der Waals surface area contributed by atoms with Crippen molar-refractivity contribution >= 4 is 201 Å². The van der Waals surface area contributed by atoms with E-state index in [9.17, 15) is 0 Å². The van der Waals surface area contributed by atoms with Crippen LogP contribution in [0.2, 0.25) is 12.6 Å². The summed E-state index contributed by atoms with van der Waals surface area (Å²) in [5, 5.41) is 9.84. The summed E-state index contributed by atoms with van der Waals surface area (Å²) in [5.74, 6) is 0.449. The summed E-state index contributed by atoms with van der Waals surface area (Å²) in [4.78, 5) is 14.4. The van der Waals surface area contributed by atoms with Gasteiger partial charge < -0.3 is 24.5 Å². The largest absolute Gasteiger partial charge is 0.384 e. The van der Waals surface area contributed by atoms with E-state index in [1.54, 1.807) is 81.8 Å². The molecule has 0 amide bonds. The monoisotopic (exact) mass is 989 g/mol. The van der Waals surface area contributed by atoms with Crippen molar-refractivity contribution < 1.29 is 0 Å². The number of nitrogens with zero attached hydrogens (tertiary/aromatic N) is 5. The summed E-state index contributed by atoms with van der Waals surface area (Å²) in [7, 11) is 0. The first-order valence-electron chi connectivity index (χ1n) is 29.4. The molecule has 0 spiro atoms. The number of rotatable bonds is 0. The lowest BCUT2D eigenvalue weighted by Gasteiger charge is -2.57. The number of fused-ring (bicyclic) bond motifs is 18. The van der Waals surface area contributed by atoms with Crippen LogP contribution < -0.4 is 90.1 Å². The average molecular weight is 989 g/mol. The Labute approximate surface area is 456 Å². The van der Waals surface area contributed by atoms with Crippen molar-refractivity contribution in [1.82, 2.24) is 0 Å². The first-order valence-corrected chi connectivity index (χ1v) is 29.4. The van der Waals surface area contributed by atoms with E-state index in [-0.39, 0.29) is 20.1 Å². The molecule has 11 heteroatoms. The highest BCUT2D eigenvalue weighted by Crippen LogP contribution is 2.59. The fourth-order valence-electron chi connectivity index (χ4n) is 20.2. The van der Waals surface area contributed by atoms with E-state index in [2.05, 4.69) is 175 Å². The average Bonchev–Trinajstić information content (AvgIpc) is 2.07. The number of aryl methyl sites for hydroxylation is 6. The highest BCUT2D eigenvalue weighted by molar-refractivity contribution is 7.05. The van der Waals surface area contributed by atoms with E-state index in [4.69, 9.17) is 0 Å². The Morgan fingerprint density at radius 1 is 0.333 bits per heavy atom. The van der Waals surface area contributed by atoms with Crippen LogP contribution in [-0.2, 0) is 0 Å². The molecule has 22 rings (SSSR count).